The van der Waals surface area contributed by atoms with Crippen LogP contribution in [0.4, 0.5) is 0 Å². The fourth-order valence-electron chi connectivity index (χ4n) is 2.15. The van der Waals surface area contributed by atoms with Gasteiger partial charge in [-0.2, -0.15) is 0 Å². The molecule has 0 fully saturated rings. The molecule has 0 spiro atoms. The number of aromatic amines is 1. The van der Waals surface area contributed by atoms with Crippen molar-refractivity contribution < 1.29 is 14.6 Å². The molecule has 1 atom stereocenters. The van der Waals surface area contributed by atoms with Crippen molar-refractivity contribution in [2.45, 2.75) is 13.2 Å². The van der Waals surface area contributed by atoms with Crippen LogP contribution in [-0.4, -0.2) is 28.8 Å². The number of ether oxygens (including phenoxy) is 2. The lowest BCUT2D eigenvalue weighted by atomic mass is 10.2. The summed E-state index contributed by atoms with van der Waals surface area (Å²) >= 11 is 1.55. The van der Waals surface area contributed by atoms with Crippen LogP contribution in [0.2, 0.25) is 0 Å². The number of nitrogens with one attached hydrogen (secondary N) is 1. The average molecular weight is 304 g/mol. The zero-order valence-corrected chi connectivity index (χ0v) is 12.6. The van der Waals surface area contributed by atoms with Crippen LogP contribution in [0.3, 0.4) is 0 Å². The molecule has 3 rings (SSSR count). The van der Waals surface area contributed by atoms with Gasteiger partial charge >= 0.3 is 0 Å². The number of aromatic nitrogens is 2. The summed E-state index contributed by atoms with van der Waals surface area (Å²) in [5, 5.41) is 10.7. The van der Waals surface area contributed by atoms with Gasteiger partial charge in [-0.05, 0) is 25.1 Å². The second-order valence-corrected chi connectivity index (χ2v) is 5.50. The van der Waals surface area contributed by atoms with Gasteiger partial charge in [-0.25, -0.2) is 4.98 Å². The smallest absolute Gasteiger partial charge is 0.196 e. The Morgan fingerprint density at radius 2 is 2.19 bits per heavy atom. The Morgan fingerprint density at radius 1 is 1.38 bits per heavy atom. The molecule has 0 aliphatic heterocycles. The number of thiazole rings is 1. The van der Waals surface area contributed by atoms with Crippen LogP contribution < -0.4 is 4.74 Å². The van der Waals surface area contributed by atoms with Gasteiger partial charge in [0, 0.05) is 6.61 Å². The monoisotopic (exact) mass is 304 g/mol. The number of aliphatic hydroxyl groups excluding tert-OH is 1. The van der Waals surface area contributed by atoms with Gasteiger partial charge in [0.2, 0.25) is 0 Å². The molecule has 3 aromatic rings. The molecular formula is C15H16N2O3S. The summed E-state index contributed by atoms with van der Waals surface area (Å²) in [5.41, 5.74) is 2.33. The molecule has 2 heterocycles. The van der Waals surface area contributed by atoms with Crippen molar-refractivity contribution in [2.75, 3.05) is 13.7 Å². The fraction of sp³-hybridized carbons (Fsp3) is 0.267. The SMILES string of the molecule is CCO[C@H](O)c1cc2sc(-c3ccccc3OC)nc2[nH]1. The van der Waals surface area contributed by atoms with Gasteiger partial charge in [-0.15, -0.1) is 11.3 Å². The van der Waals surface area contributed by atoms with E-state index in [0.717, 1.165) is 26.7 Å². The zero-order chi connectivity index (χ0) is 14.8. The number of H-pyrrole nitrogens is 1. The predicted molar refractivity (Wildman–Crippen MR) is 82.5 cm³/mol. The summed E-state index contributed by atoms with van der Waals surface area (Å²) in [4.78, 5) is 7.66. The molecule has 0 saturated heterocycles. The lowest BCUT2D eigenvalue weighted by Crippen LogP contribution is -2.02. The normalized spacial score (nSPS) is 12.7. The van der Waals surface area contributed by atoms with Crippen LogP contribution in [0.5, 0.6) is 5.75 Å². The third-order valence-electron chi connectivity index (χ3n) is 3.13. The van der Waals surface area contributed by atoms with E-state index in [-0.39, 0.29) is 0 Å². The Labute approximate surface area is 126 Å². The van der Waals surface area contributed by atoms with Crippen LogP contribution in [-0.2, 0) is 4.74 Å². The van der Waals surface area contributed by atoms with Gasteiger partial charge in [-0.3, -0.25) is 0 Å². The molecule has 1 aromatic carbocycles. The summed E-state index contributed by atoms with van der Waals surface area (Å²) in [5.74, 6) is 0.795. The van der Waals surface area contributed by atoms with Gasteiger partial charge in [0.15, 0.2) is 6.29 Å². The third-order valence-corrected chi connectivity index (χ3v) is 4.17. The van der Waals surface area contributed by atoms with E-state index < -0.39 is 6.29 Å². The van der Waals surface area contributed by atoms with E-state index in [0.29, 0.717) is 12.3 Å². The summed E-state index contributed by atoms with van der Waals surface area (Å²) in [6.07, 6.45) is -0.939. The van der Waals surface area contributed by atoms with Crippen molar-refractivity contribution in [3.8, 4) is 16.3 Å². The minimum Gasteiger partial charge on any atom is -0.496 e. The molecule has 2 aromatic heterocycles. The summed E-state index contributed by atoms with van der Waals surface area (Å²) in [7, 11) is 1.65. The van der Waals surface area contributed by atoms with E-state index in [1.807, 2.05) is 37.3 Å². The highest BCUT2D eigenvalue weighted by Crippen LogP contribution is 2.36. The molecule has 0 amide bonds. The van der Waals surface area contributed by atoms with E-state index in [1.54, 1.807) is 18.4 Å². The highest BCUT2D eigenvalue weighted by atomic mass is 32.1. The first-order chi connectivity index (χ1) is 10.2. The number of nitrogens with zero attached hydrogens (tertiary/aromatic N) is 1. The highest BCUT2D eigenvalue weighted by Gasteiger charge is 2.16. The van der Waals surface area contributed by atoms with Crippen molar-refractivity contribution in [1.29, 1.82) is 0 Å². The summed E-state index contributed by atoms with van der Waals surface area (Å²) in [6, 6.07) is 9.64. The molecule has 0 unspecified atom stereocenters. The molecule has 0 aliphatic carbocycles. The van der Waals surface area contributed by atoms with Gasteiger partial charge in [0.05, 0.1) is 23.1 Å². The van der Waals surface area contributed by atoms with Crippen LogP contribution in [0.15, 0.2) is 30.3 Å². The van der Waals surface area contributed by atoms with Crippen molar-refractivity contribution in [3.05, 3.63) is 36.0 Å². The first kappa shape index (κ1) is 14.1. The number of fused-ring (bicyclic) bond motifs is 1. The Morgan fingerprint density at radius 3 is 2.90 bits per heavy atom. The Balaban J connectivity index is 1.97. The molecular weight excluding hydrogens is 288 g/mol. The second-order valence-electron chi connectivity index (χ2n) is 4.46. The van der Waals surface area contributed by atoms with E-state index in [4.69, 9.17) is 9.47 Å². The van der Waals surface area contributed by atoms with Gasteiger partial charge in [0.25, 0.3) is 0 Å². The standard InChI is InChI=1S/C15H16N2O3S/c1-3-20-15(18)10-8-12-13(16-10)17-14(21-12)9-6-4-5-7-11(9)19-2/h4-8,15-16,18H,3H2,1-2H3/t15-/m0/s1. The average Bonchev–Trinajstić information content (AvgIpc) is 3.06. The number of aliphatic hydroxyl groups is 1. The molecule has 21 heavy (non-hydrogen) atoms. The number of para-hydroxylation sites is 1. The molecule has 0 saturated carbocycles. The first-order valence-corrected chi connectivity index (χ1v) is 7.47. The predicted octanol–water partition coefficient (Wildman–Crippen LogP) is 3.33. The van der Waals surface area contributed by atoms with Gasteiger partial charge in [-0.1, -0.05) is 12.1 Å². The third kappa shape index (κ3) is 2.65. The van der Waals surface area contributed by atoms with Gasteiger partial charge in [0.1, 0.15) is 16.4 Å². The first-order valence-electron chi connectivity index (χ1n) is 6.65. The summed E-state index contributed by atoms with van der Waals surface area (Å²) in [6.45, 7) is 2.29. The van der Waals surface area contributed by atoms with Crippen molar-refractivity contribution in [3.63, 3.8) is 0 Å². The topological polar surface area (TPSA) is 67.4 Å². The van der Waals surface area contributed by atoms with E-state index in [1.165, 1.54) is 0 Å². The highest BCUT2D eigenvalue weighted by molar-refractivity contribution is 7.21. The fourth-order valence-corrected chi connectivity index (χ4v) is 3.15. The Kier molecular flexibility index (Phi) is 3.92. The maximum atomic E-state index is 9.81. The van der Waals surface area contributed by atoms with E-state index in [9.17, 15) is 5.11 Å². The van der Waals surface area contributed by atoms with Crippen LogP contribution in [0.1, 0.15) is 18.9 Å². The van der Waals surface area contributed by atoms with Gasteiger partial charge < -0.3 is 19.6 Å². The van der Waals surface area contributed by atoms with Crippen LogP contribution in [0, 0.1) is 0 Å². The van der Waals surface area contributed by atoms with Crippen LogP contribution >= 0.6 is 11.3 Å². The number of hydrogen-bond acceptors (Lipinski definition) is 5. The van der Waals surface area contributed by atoms with Crippen molar-refractivity contribution in [1.82, 2.24) is 9.97 Å². The number of benzene rings is 1. The Bertz CT molecular complexity index is 719. The van der Waals surface area contributed by atoms with E-state index >= 15 is 0 Å². The largest absolute Gasteiger partial charge is 0.496 e. The molecule has 0 aliphatic rings. The molecule has 0 bridgehead atoms. The minimum absolute atomic E-state index is 0.452. The van der Waals surface area contributed by atoms with E-state index in [2.05, 4.69) is 9.97 Å². The van der Waals surface area contributed by atoms with Crippen molar-refractivity contribution >= 4 is 21.7 Å². The Hall–Kier alpha value is -1.89. The molecule has 2 N–H and O–H groups in total. The molecule has 110 valence electrons. The molecule has 5 nitrogen and oxygen atoms in total. The molecule has 6 heteroatoms. The lowest BCUT2D eigenvalue weighted by Gasteiger charge is -2.07. The molecule has 0 radical (unpaired) electrons. The maximum absolute atomic E-state index is 9.81. The number of hydrogen-bond donors (Lipinski definition) is 2. The quantitative estimate of drug-likeness (QED) is 0.710. The van der Waals surface area contributed by atoms with Crippen molar-refractivity contribution in [2.24, 2.45) is 0 Å². The lowest BCUT2D eigenvalue weighted by molar-refractivity contribution is -0.100. The number of rotatable bonds is 5. The number of methoxy groups -OCH3 is 1. The minimum atomic E-state index is -0.939. The zero-order valence-electron chi connectivity index (χ0n) is 11.8. The summed E-state index contributed by atoms with van der Waals surface area (Å²) < 4.78 is 11.5. The maximum Gasteiger partial charge on any atom is 0.196 e. The van der Waals surface area contributed by atoms with Crippen LogP contribution in [0.25, 0.3) is 20.9 Å². The second kappa shape index (κ2) is 5.85.